The fraction of sp³-hybridized carbons (Fsp3) is 0.300. The van der Waals surface area contributed by atoms with Crippen molar-refractivity contribution in [2.75, 3.05) is 13.1 Å². The molecule has 1 rings (SSSR count). The summed E-state index contributed by atoms with van der Waals surface area (Å²) in [6.07, 6.45) is 0. The number of amides is 2. The zero-order valence-electron chi connectivity index (χ0n) is 9.11. The number of hydrogen-bond donors (Lipinski definition) is 2. The van der Waals surface area contributed by atoms with Gasteiger partial charge in [0.25, 0.3) is 5.91 Å². The summed E-state index contributed by atoms with van der Waals surface area (Å²) in [5.74, 6) is -1.88. The normalized spacial score (nSPS) is 9.71. The largest absolute Gasteiger partial charge is 0.548 e. The Morgan fingerprint density at radius 3 is 2.47 bits per heavy atom. The lowest BCUT2D eigenvalue weighted by Crippen LogP contribution is -2.42. The highest BCUT2D eigenvalue weighted by molar-refractivity contribution is 5.94. The molecule has 1 heterocycles. The van der Waals surface area contributed by atoms with Crippen molar-refractivity contribution in [3.05, 3.63) is 23.7 Å². The zero-order valence-corrected chi connectivity index (χ0v) is 9.11. The minimum Gasteiger partial charge on any atom is -0.548 e. The van der Waals surface area contributed by atoms with Crippen molar-refractivity contribution in [2.45, 2.75) is 6.92 Å². The van der Waals surface area contributed by atoms with Gasteiger partial charge in [-0.2, -0.15) is 0 Å². The number of hydrogen-bond acceptors (Lipinski definition) is 5. The lowest BCUT2D eigenvalue weighted by Gasteiger charge is -2.06. The Kier molecular flexibility index (Phi) is 4.27. The fourth-order valence-electron chi connectivity index (χ4n) is 1.04. The third kappa shape index (κ3) is 4.37. The van der Waals surface area contributed by atoms with Crippen LogP contribution in [0.1, 0.15) is 16.3 Å². The first-order chi connectivity index (χ1) is 7.99. The molecular weight excluding hydrogens is 228 g/mol. The van der Waals surface area contributed by atoms with Crippen LogP contribution >= 0.6 is 0 Å². The molecule has 0 atom stereocenters. The van der Waals surface area contributed by atoms with Gasteiger partial charge in [-0.25, -0.2) is 0 Å². The summed E-state index contributed by atoms with van der Waals surface area (Å²) < 4.78 is 5.03. The van der Waals surface area contributed by atoms with Crippen LogP contribution in [0.5, 0.6) is 0 Å². The number of carboxylic acids is 1. The van der Waals surface area contributed by atoms with Crippen LogP contribution in [0.4, 0.5) is 0 Å². The molecule has 7 heteroatoms. The van der Waals surface area contributed by atoms with Gasteiger partial charge in [-0.15, -0.1) is 0 Å². The van der Waals surface area contributed by atoms with E-state index in [0.717, 1.165) is 0 Å². The van der Waals surface area contributed by atoms with Crippen molar-refractivity contribution in [3.8, 4) is 0 Å². The van der Waals surface area contributed by atoms with Gasteiger partial charge >= 0.3 is 0 Å². The van der Waals surface area contributed by atoms with Gasteiger partial charge in [-0.1, -0.05) is 0 Å². The molecule has 7 nitrogen and oxygen atoms in total. The van der Waals surface area contributed by atoms with E-state index in [2.05, 4.69) is 5.32 Å². The molecule has 0 saturated heterocycles. The third-order valence-electron chi connectivity index (χ3n) is 1.80. The van der Waals surface area contributed by atoms with E-state index in [1.165, 1.54) is 6.07 Å². The molecule has 0 aromatic carbocycles. The van der Waals surface area contributed by atoms with Gasteiger partial charge in [0, 0.05) is 0 Å². The molecule has 0 aliphatic heterocycles. The van der Waals surface area contributed by atoms with Crippen LogP contribution in [0.3, 0.4) is 0 Å². The first kappa shape index (κ1) is 12.8. The highest BCUT2D eigenvalue weighted by Crippen LogP contribution is 2.05. The molecule has 0 radical (unpaired) electrons. The summed E-state index contributed by atoms with van der Waals surface area (Å²) >= 11 is 0. The van der Waals surface area contributed by atoms with Gasteiger partial charge < -0.3 is 25.0 Å². The van der Waals surface area contributed by atoms with Crippen molar-refractivity contribution < 1.29 is 23.9 Å². The highest BCUT2D eigenvalue weighted by atomic mass is 16.4. The molecule has 2 N–H and O–H groups in total. The number of carbonyl (C=O) groups excluding carboxylic acids is 3. The maximum absolute atomic E-state index is 11.4. The van der Waals surface area contributed by atoms with Crippen LogP contribution in [0.25, 0.3) is 0 Å². The number of furan rings is 1. The van der Waals surface area contributed by atoms with Gasteiger partial charge in [0.2, 0.25) is 5.91 Å². The van der Waals surface area contributed by atoms with Crippen LogP contribution < -0.4 is 15.7 Å². The average molecular weight is 239 g/mol. The van der Waals surface area contributed by atoms with Gasteiger partial charge in [0.15, 0.2) is 5.76 Å². The fourth-order valence-corrected chi connectivity index (χ4v) is 1.04. The number of aliphatic carboxylic acids is 1. The molecule has 2 amide bonds. The number of carboxylic acid groups (broad SMARTS) is 1. The highest BCUT2D eigenvalue weighted by Gasteiger charge is 2.10. The molecule has 17 heavy (non-hydrogen) atoms. The summed E-state index contributed by atoms with van der Waals surface area (Å²) in [4.78, 5) is 32.5. The second-order valence-electron chi connectivity index (χ2n) is 3.24. The molecule has 1 aromatic heterocycles. The Balaban J connectivity index is 2.33. The molecule has 0 aliphatic rings. The van der Waals surface area contributed by atoms with E-state index in [1.807, 2.05) is 5.32 Å². The van der Waals surface area contributed by atoms with E-state index in [-0.39, 0.29) is 12.3 Å². The van der Waals surface area contributed by atoms with Crippen LogP contribution in [-0.4, -0.2) is 30.9 Å². The van der Waals surface area contributed by atoms with Gasteiger partial charge in [-0.3, -0.25) is 9.59 Å². The molecule has 0 unspecified atom stereocenters. The van der Waals surface area contributed by atoms with E-state index in [0.29, 0.717) is 5.76 Å². The van der Waals surface area contributed by atoms with Gasteiger partial charge in [-0.05, 0) is 19.1 Å². The van der Waals surface area contributed by atoms with E-state index in [1.54, 1.807) is 13.0 Å². The monoisotopic (exact) mass is 239 g/mol. The first-order valence-corrected chi connectivity index (χ1v) is 4.80. The number of carbonyl (C=O) groups is 3. The van der Waals surface area contributed by atoms with Crippen molar-refractivity contribution in [3.63, 3.8) is 0 Å². The van der Waals surface area contributed by atoms with Crippen molar-refractivity contribution in [1.29, 1.82) is 0 Å². The Labute approximate surface area is 96.8 Å². The average Bonchev–Trinajstić information content (AvgIpc) is 2.70. The van der Waals surface area contributed by atoms with Crippen molar-refractivity contribution in [1.82, 2.24) is 10.6 Å². The maximum atomic E-state index is 11.4. The van der Waals surface area contributed by atoms with Crippen molar-refractivity contribution >= 4 is 17.8 Å². The summed E-state index contributed by atoms with van der Waals surface area (Å²) in [7, 11) is 0. The lowest BCUT2D eigenvalue weighted by atomic mass is 10.4. The molecule has 0 bridgehead atoms. The SMILES string of the molecule is Cc1ccc(C(=O)NCC(=O)NCC(=O)[O-])o1. The lowest BCUT2D eigenvalue weighted by molar-refractivity contribution is -0.304. The van der Waals surface area contributed by atoms with E-state index in [4.69, 9.17) is 4.42 Å². The van der Waals surface area contributed by atoms with Crippen LogP contribution in [0.15, 0.2) is 16.5 Å². The van der Waals surface area contributed by atoms with Crippen LogP contribution in [-0.2, 0) is 9.59 Å². The number of nitrogens with one attached hydrogen (secondary N) is 2. The van der Waals surface area contributed by atoms with Gasteiger partial charge in [0.1, 0.15) is 5.76 Å². The first-order valence-electron chi connectivity index (χ1n) is 4.80. The Morgan fingerprint density at radius 1 is 1.24 bits per heavy atom. The molecule has 0 spiro atoms. The molecule has 0 fully saturated rings. The van der Waals surface area contributed by atoms with E-state index < -0.39 is 24.3 Å². The Bertz CT molecular complexity index is 438. The minimum absolute atomic E-state index is 0.0928. The van der Waals surface area contributed by atoms with E-state index in [9.17, 15) is 19.5 Å². The van der Waals surface area contributed by atoms with Crippen LogP contribution in [0.2, 0.25) is 0 Å². The molecule has 0 aliphatic carbocycles. The third-order valence-corrected chi connectivity index (χ3v) is 1.80. The Morgan fingerprint density at radius 2 is 1.94 bits per heavy atom. The second kappa shape index (κ2) is 5.69. The topological polar surface area (TPSA) is 111 Å². The number of aryl methyl sites for hydroxylation is 1. The summed E-state index contributed by atoms with van der Waals surface area (Å²) in [6.45, 7) is 0.768. The van der Waals surface area contributed by atoms with Crippen molar-refractivity contribution in [2.24, 2.45) is 0 Å². The maximum Gasteiger partial charge on any atom is 0.287 e. The predicted octanol–water partition coefficient (Wildman–Crippen LogP) is -1.82. The predicted molar refractivity (Wildman–Crippen MR) is 53.8 cm³/mol. The number of rotatable bonds is 5. The standard InChI is InChI=1S/C10H12N2O5/c1-6-2-3-7(17-6)10(16)12-4-8(13)11-5-9(14)15/h2-3H,4-5H2,1H3,(H,11,13)(H,12,16)(H,14,15)/p-1. The molecule has 0 saturated carbocycles. The zero-order chi connectivity index (χ0) is 12.8. The second-order valence-corrected chi connectivity index (χ2v) is 3.24. The minimum atomic E-state index is -1.40. The quantitative estimate of drug-likeness (QED) is 0.628. The smallest absolute Gasteiger partial charge is 0.287 e. The molecule has 1 aromatic rings. The summed E-state index contributed by atoms with van der Waals surface area (Å²) in [5, 5.41) is 14.4. The van der Waals surface area contributed by atoms with E-state index >= 15 is 0 Å². The van der Waals surface area contributed by atoms with Gasteiger partial charge in [0.05, 0.1) is 19.1 Å². The Hall–Kier alpha value is -2.31. The molecule has 92 valence electrons. The van der Waals surface area contributed by atoms with Crippen LogP contribution in [0, 0.1) is 6.92 Å². The summed E-state index contributed by atoms with van der Waals surface area (Å²) in [6, 6.07) is 3.09. The molecular formula is C10H11N2O5-. The summed E-state index contributed by atoms with van der Waals surface area (Å²) in [5.41, 5.74) is 0.